The summed E-state index contributed by atoms with van der Waals surface area (Å²) in [4.78, 5) is 16.7. The third kappa shape index (κ3) is 5.31. The van der Waals surface area contributed by atoms with E-state index in [2.05, 4.69) is 4.72 Å². The molecule has 2 aromatic carbocycles. The number of hydrogen-bond acceptors (Lipinski definition) is 5. The first-order chi connectivity index (χ1) is 13.5. The number of carbonyl (C=O) groups excluding carboxylic acids is 1. The van der Waals surface area contributed by atoms with E-state index in [4.69, 9.17) is 0 Å². The van der Waals surface area contributed by atoms with Gasteiger partial charge in [-0.2, -0.15) is 0 Å². The minimum atomic E-state index is -3.66. The van der Waals surface area contributed by atoms with Gasteiger partial charge >= 0.3 is 0 Å². The van der Waals surface area contributed by atoms with Crippen LogP contribution in [0.1, 0.15) is 23.2 Å². The topological polar surface area (TPSA) is 66.5 Å². The Labute approximate surface area is 175 Å². The van der Waals surface area contributed by atoms with Crippen molar-refractivity contribution >= 4 is 39.5 Å². The van der Waals surface area contributed by atoms with Gasteiger partial charge in [0, 0.05) is 35.2 Å². The fourth-order valence-electron chi connectivity index (χ4n) is 3.06. The molecule has 1 fully saturated rings. The molecule has 1 aliphatic heterocycles. The van der Waals surface area contributed by atoms with E-state index in [0.29, 0.717) is 17.9 Å². The Balaban J connectivity index is 1.68. The summed E-state index contributed by atoms with van der Waals surface area (Å²) in [5.41, 5.74) is 0.468. The van der Waals surface area contributed by atoms with E-state index in [9.17, 15) is 13.2 Å². The summed E-state index contributed by atoms with van der Waals surface area (Å²) in [6.45, 7) is 1.79. The zero-order chi connectivity index (χ0) is 20.0. The number of carbonyl (C=O) groups is 1. The molecule has 0 aliphatic carbocycles. The zero-order valence-electron chi connectivity index (χ0n) is 15.8. The van der Waals surface area contributed by atoms with E-state index >= 15 is 0 Å². The third-order valence-electron chi connectivity index (χ3n) is 4.51. The maximum Gasteiger partial charge on any atom is 0.255 e. The summed E-state index contributed by atoms with van der Waals surface area (Å²) >= 11 is 3.05. The quantitative estimate of drug-likeness (QED) is 0.505. The van der Waals surface area contributed by atoms with Crippen molar-refractivity contribution in [3.05, 3.63) is 54.1 Å². The molecule has 8 heteroatoms. The lowest BCUT2D eigenvalue weighted by molar-refractivity contribution is 0.0789. The second-order valence-corrected chi connectivity index (χ2v) is 10.2. The maximum absolute atomic E-state index is 12.8. The van der Waals surface area contributed by atoms with Crippen LogP contribution in [0.15, 0.2) is 63.2 Å². The van der Waals surface area contributed by atoms with Gasteiger partial charge in [0.05, 0.1) is 10.5 Å². The molecule has 150 valence electrons. The molecule has 1 heterocycles. The van der Waals surface area contributed by atoms with Crippen molar-refractivity contribution in [3.8, 4) is 0 Å². The van der Waals surface area contributed by atoms with Gasteiger partial charge in [0.25, 0.3) is 5.91 Å². The van der Waals surface area contributed by atoms with Gasteiger partial charge in [-0.3, -0.25) is 4.79 Å². The predicted molar refractivity (Wildman–Crippen MR) is 116 cm³/mol. The molecule has 0 atom stereocenters. The fraction of sp³-hybridized carbons (Fsp3) is 0.350. The minimum absolute atomic E-state index is 0.0847. The summed E-state index contributed by atoms with van der Waals surface area (Å²) in [6, 6.07) is 14.7. The molecule has 5 nitrogen and oxygen atoms in total. The van der Waals surface area contributed by atoms with Crippen LogP contribution in [-0.4, -0.2) is 50.9 Å². The van der Waals surface area contributed by atoms with E-state index in [1.165, 1.54) is 17.8 Å². The molecule has 0 saturated carbocycles. The first kappa shape index (κ1) is 21.2. The van der Waals surface area contributed by atoms with Gasteiger partial charge < -0.3 is 4.90 Å². The highest BCUT2D eigenvalue weighted by atomic mass is 32.2. The second kappa shape index (κ2) is 9.82. The Morgan fingerprint density at radius 2 is 1.82 bits per heavy atom. The zero-order valence-corrected chi connectivity index (χ0v) is 18.2. The number of hydrogen-bond donors (Lipinski definition) is 1. The van der Waals surface area contributed by atoms with Crippen molar-refractivity contribution < 1.29 is 13.2 Å². The van der Waals surface area contributed by atoms with Crippen molar-refractivity contribution in [3.63, 3.8) is 0 Å². The van der Waals surface area contributed by atoms with Gasteiger partial charge in [0.1, 0.15) is 0 Å². The summed E-state index contributed by atoms with van der Waals surface area (Å²) in [5, 5.41) is 0. The van der Waals surface area contributed by atoms with Gasteiger partial charge in [0.2, 0.25) is 10.0 Å². The van der Waals surface area contributed by atoms with E-state index < -0.39 is 10.0 Å². The number of thioether (sulfide) groups is 2. The smallest absolute Gasteiger partial charge is 0.255 e. The maximum atomic E-state index is 12.8. The SMILES string of the molecule is CSc1ccc(S(=O)(=O)NCCSc2ccccc2)cc1C(=O)N1CCCC1. The third-order valence-corrected chi connectivity index (χ3v) is 7.78. The molecule has 1 aliphatic rings. The normalized spacial score (nSPS) is 14.4. The van der Waals surface area contributed by atoms with E-state index in [0.717, 1.165) is 35.7 Å². The Morgan fingerprint density at radius 1 is 1.11 bits per heavy atom. The van der Waals surface area contributed by atoms with Crippen LogP contribution in [0, 0.1) is 0 Å². The number of nitrogens with one attached hydrogen (secondary N) is 1. The summed E-state index contributed by atoms with van der Waals surface area (Å²) < 4.78 is 28.0. The van der Waals surface area contributed by atoms with Crippen LogP contribution in [0.4, 0.5) is 0 Å². The predicted octanol–water partition coefficient (Wildman–Crippen LogP) is 3.72. The first-order valence-corrected chi connectivity index (χ1v) is 12.9. The Hall–Kier alpha value is -1.48. The monoisotopic (exact) mass is 436 g/mol. The molecule has 0 unspecified atom stereocenters. The van der Waals surface area contributed by atoms with Crippen molar-refractivity contribution in [2.45, 2.75) is 27.5 Å². The number of benzene rings is 2. The van der Waals surface area contributed by atoms with Gasteiger partial charge in [-0.25, -0.2) is 13.1 Å². The van der Waals surface area contributed by atoms with E-state index in [-0.39, 0.29) is 10.8 Å². The molecule has 2 aromatic rings. The molecule has 1 saturated heterocycles. The van der Waals surface area contributed by atoms with Crippen LogP contribution >= 0.6 is 23.5 Å². The molecule has 3 rings (SSSR count). The lowest BCUT2D eigenvalue weighted by atomic mass is 10.2. The molecule has 1 N–H and O–H groups in total. The molecule has 0 spiro atoms. The average molecular weight is 437 g/mol. The average Bonchev–Trinajstić information content (AvgIpc) is 3.26. The summed E-state index contributed by atoms with van der Waals surface area (Å²) in [5.74, 6) is 0.546. The fourth-order valence-corrected chi connectivity index (χ4v) is 5.60. The first-order valence-electron chi connectivity index (χ1n) is 9.16. The van der Waals surface area contributed by atoms with Crippen LogP contribution in [-0.2, 0) is 10.0 Å². The van der Waals surface area contributed by atoms with Crippen molar-refractivity contribution in [2.24, 2.45) is 0 Å². The van der Waals surface area contributed by atoms with Crippen LogP contribution in [0.5, 0.6) is 0 Å². The van der Waals surface area contributed by atoms with E-state index in [1.807, 2.05) is 36.6 Å². The van der Waals surface area contributed by atoms with Crippen LogP contribution in [0.25, 0.3) is 0 Å². The van der Waals surface area contributed by atoms with Gasteiger partial charge in [-0.1, -0.05) is 18.2 Å². The summed E-state index contributed by atoms with van der Waals surface area (Å²) in [6.07, 6.45) is 3.89. The van der Waals surface area contributed by atoms with Crippen molar-refractivity contribution in [2.75, 3.05) is 31.6 Å². The lowest BCUT2D eigenvalue weighted by Gasteiger charge is -2.18. The van der Waals surface area contributed by atoms with E-state index in [1.54, 1.807) is 28.8 Å². The minimum Gasteiger partial charge on any atom is -0.339 e. The molecule has 28 heavy (non-hydrogen) atoms. The molecular formula is C20H24N2O3S3. The molecule has 0 radical (unpaired) electrons. The van der Waals surface area contributed by atoms with Crippen LogP contribution in [0.3, 0.4) is 0 Å². The second-order valence-electron chi connectivity index (χ2n) is 6.42. The Bertz CT molecular complexity index is 912. The lowest BCUT2D eigenvalue weighted by Crippen LogP contribution is -2.29. The highest BCUT2D eigenvalue weighted by Gasteiger charge is 2.24. The largest absolute Gasteiger partial charge is 0.339 e. The molecule has 1 amide bonds. The van der Waals surface area contributed by atoms with Gasteiger partial charge in [-0.15, -0.1) is 23.5 Å². The van der Waals surface area contributed by atoms with Gasteiger partial charge in [-0.05, 0) is 49.4 Å². The molecule has 0 bridgehead atoms. The highest BCUT2D eigenvalue weighted by molar-refractivity contribution is 7.99. The highest BCUT2D eigenvalue weighted by Crippen LogP contribution is 2.26. The van der Waals surface area contributed by atoms with Crippen molar-refractivity contribution in [1.29, 1.82) is 0 Å². The number of nitrogens with zero attached hydrogens (tertiary/aromatic N) is 1. The van der Waals surface area contributed by atoms with Crippen molar-refractivity contribution in [1.82, 2.24) is 9.62 Å². The van der Waals surface area contributed by atoms with Crippen LogP contribution < -0.4 is 4.72 Å². The van der Waals surface area contributed by atoms with Crippen LogP contribution in [0.2, 0.25) is 0 Å². The molecular weight excluding hydrogens is 412 g/mol. The van der Waals surface area contributed by atoms with Gasteiger partial charge in [0.15, 0.2) is 0 Å². The standard InChI is InChI=1S/C20H24N2O3S3/c1-26-19-10-9-17(15-18(19)20(23)22-12-5-6-13-22)28(24,25)21-11-14-27-16-7-3-2-4-8-16/h2-4,7-10,15,21H,5-6,11-14H2,1H3. The number of amides is 1. The Morgan fingerprint density at radius 3 is 2.50 bits per heavy atom. The molecule has 0 aromatic heterocycles. The number of rotatable bonds is 8. The number of likely N-dealkylation sites (tertiary alicyclic amines) is 1. The Kier molecular flexibility index (Phi) is 7.45. The summed E-state index contributed by atoms with van der Waals surface area (Å²) in [7, 11) is -3.66. The number of sulfonamides is 1.